The molecule has 0 aliphatic heterocycles. The van der Waals surface area contributed by atoms with Crippen LogP contribution in [-0.4, -0.2) is 19.2 Å². The fraction of sp³-hybridized carbons (Fsp3) is 0. The standard InChI is InChI=1S/C18H13ClFN3O2S/c19-14-6-10-16(11-7-14)26(24,25)23-18(13-4-8-15(20)9-5-13)22-17-3-1-2-12-21-17/h1-12H,(H,21,22,23)/p+1. The SMILES string of the molecule is O=S(=O)([NH+]=C(Nc1ccccn1)c1ccc(F)cc1)c1ccc(Cl)cc1. The molecule has 26 heavy (non-hydrogen) atoms. The van der Waals surface area contributed by atoms with Gasteiger partial charge in [-0.05, 0) is 54.6 Å². The van der Waals surface area contributed by atoms with Crippen LogP contribution in [-0.2, 0) is 10.0 Å². The van der Waals surface area contributed by atoms with Crippen molar-refractivity contribution < 1.29 is 17.2 Å². The third-order valence-electron chi connectivity index (χ3n) is 3.41. The predicted octanol–water partition coefficient (Wildman–Crippen LogP) is 2.20. The molecule has 1 heterocycles. The number of pyridine rings is 1. The van der Waals surface area contributed by atoms with Crippen LogP contribution in [0, 0.1) is 5.82 Å². The lowest BCUT2D eigenvalue weighted by Crippen LogP contribution is -2.78. The number of rotatable bonds is 4. The summed E-state index contributed by atoms with van der Waals surface area (Å²) in [5, 5.41) is 3.35. The van der Waals surface area contributed by atoms with Crippen molar-refractivity contribution in [1.82, 2.24) is 4.98 Å². The lowest BCUT2D eigenvalue weighted by Gasteiger charge is -2.04. The maximum absolute atomic E-state index is 13.2. The molecular formula is C18H14ClFN3O2S+. The van der Waals surface area contributed by atoms with Crippen LogP contribution in [0.15, 0.2) is 77.8 Å². The molecule has 0 atom stereocenters. The van der Waals surface area contributed by atoms with Gasteiger partial charge in [0.25, 0.3) is 5.84 Å². The highest BCUT2D eigenvalue weighted by Gasteiger charge is 2.21. The predicted molar refractivity (Wildman–Crippen MR) is 98.0 cm³/mol. The molecular weight excluding hydrogens is 377 g/mol. The Morgan fingerprint density at radius 1 is 1.00 bits per heavy atom. The summed E-state index contributed by atoms with van der Waals surface area (Å²) in [5.41, 5.74) is 0.453. The highest BCUT2D eigenvalue weighted by atomic mass is 35.5. The molecule has 132 valence electrons. The molecule has 0 amide bonds. The van der Waals surface area contributed by atoms with E-state index in [-0.39, 0.29) is 10.7 Å². The van der Waals surface area contributed by atoms with Crippen LogP contribution in [0.4, 0.5) is 10.2 Å². The Kier molecular flexibility index (Phi) is 5.29. The van der Waals surface area contributed by atoms with E-state index in [1.807, 2.05) is 0 Å². The number of anilines is 1. The van der Waals surface area contributed by atoms with Crippen molar-refractivity contribution >= 4 is 33.3 Å². The minimum Gasteiger partial charge on any atom is -0.223 e. The molecule has 3 aromatic rings. The smallest absolute Gasteiger partial charge is 0.223 e. The molecule has 2 N–H and O–H groups in total. The van der Waals surface area contributed by atoms with Gasteiger partial charge in [-0.1, -0.05) is 17.7 Å². The second-order valence-corrected chi connectivity index (χ2v) is 7.40. The lowest BCUT2D eigenvalue weighted by molar-refractivity contribution is -0.266. The zero-order chi connectivity index (χ0) is 18.6. The molecule has 0 unspecified atom stereocenters. The van der Waals surface area contributed by atoms with Crippen molar-refractivity contribution in [2.45, 2.75) is 4.90 Å². The first kappa shape index (κ1) is 18.0. The van der Waals surface area contributed by atoms with Crippen LogP contribution in [0.25, 0.3) is 0 Å². The molecule has 1 aromatic heterocycles. The normalized spacial score (nSPS) is 12.0. The third kappa shape index (κ3) is 4.44. The largest absolute Gasteiger partial charge is 0.328 e. The van der Waals surface area contributed by atoms with Gasteiger partial charge in [0.1, 0.15) is 10.7 Å². The molecule has 3 rings (SSSR count). The first-order valence-electron chi connectivity index (χ1n) is 7.53. The molecule has 0 saturated carbocycles. The maximum atomic E-state index is 13.2. The van der Waals surface area contributed by atoms with Crippen LogP contribution in [0.3, 0.4) is 0 Å². The summed E-state index contributed by atoms with van der Waals surface area (Å²) in [6.45, 7) is 0. The number of nitrogens with one attached hydrogen (secondary N) is 2. The van der Waals surface area contributed by atoms with E-state index in [0.717, 1.165) is 0 Å². The molecule has 5 nitrogen and oxygen atoms in total. The molecule has 0 radical (unpaired) electrons. The molecule has 0 saturated heterocycles. The zero-order valence-electron chi connectivity index (χ0n) is 13.4. The number of aromatic nitrogens is 1. The number of amidine groups is 1. The number of nitrogens with zero attached hydrogens (tertiary/aromatic N) is 1. The molecule has 8 heteroatoms. The second kappa shape index (κ2) is 7.63. The number of halogens is 2. The van der Waals surface area contributed by atoms with Crippen molar-refractivity contribution in [1.29, 1.82) is 0 Å². The van der Waals surface area contributed by atoms with Gasteiger partial charge in [0.2, 0.25) is 5.82 Å². The van der Waals surface area contributed by atoms with Gasteiger partial charge < -0.3 is 0 Å². The Morgan fingerprint density at radius 2 is 1.69 bits per heavy atom. The monoisotopic (exact) mass is 390 g/mol. The number of hydrogen-bond acceptors (Lipinski definition) is 3. The Morgan fingerprint density at radius 3 is 2.31 bits per heavy atom. The first-order chi connectivity index (χ1) is 12.4. The van der Waals surface area contributed by atoms with E-state index in [0.29, 0.717) is 16.4 Å². The van der Waals surface area contributed by atoms with Gasteiger partial charge in [-0.2, -0.15) is 12.8 Å². The summed E-state index contributed by atoms with van der Waals surface area (Å²) >= 11 is 5.81. The van der Waals surface area contributed by atoms with Gasteiger partial charge in [0.05, 0.1) is 5.56 Å². The first-order valence-corrected chi connectivity index (χ1v) is 9.39. The van der Waals surface area contributed by atoms with Gasteiger partial charge in [0.15, 0.2) is 0 Å². The van der Waals surface area contributed by atoms with E-state index in [2.05, 4.69) is 14.7 Å². The Bertz CT molecular complexity index is 1020. The highest BCUT2D eigenvalue weighted by molar-refractivity contribution is 7.84. The molecule has 0 aliphatic rings. The van der Waals surface area contributed by atoms with Crippen molar-refractivity contribution in [3.63, 3.8) is 0 Å². The summed E-state index contributed by atoms with van der Waals surface area (Å²) in [4.78, 5) is 4.16. The maximum Gasteiger partial charge on any atom is 0.328 e. The molecule has 2 aromatic carbocycles. The van der Waals surface area contributed by atoms with E-state index < -0.39 is 15.8 Å². The summed E-state index contributed by atoms with van der Waals surface area (Å²) in [6, 6.07) is 16.3. The van der Waals surface area contributed by atoms with E-state index in [9.17, 15) is 12.8 Å². The second-order valence-electron chi connectivity index (χ2n) is 5.28. The summed E-state index contributed by atoms with van der Waals surface area (Å²) in [6.07, 6.45) is 1.57. The minimum atomic E-state index is -3.88. The van der Waals surface area contributed by atoms with Gasteiger partial charge in [-0.3, -0.25) is 0 Å². The Labute approximate surface area is 155 Å². The van der Waals surface area contributed by atoms with E-state index in [4.69, 9.17) is 11.6 Å². The van der Waals surface area contributed by atoms with Crippen LogP contribution >= 0.6 is 11.6 Å². The van der Waals surface area contributed by atoms with Gasteiger partial charge in [-0.25, -0.2) is 14.7 Å². The molecule has 0 bridgehead atoms. The van der Waals surface area contributed by atoms with Gasteiger partial charge in [0, 0.05) is 17.3 Å². The number of benzene rings is 2. The van der Waals surface area contributed by atoms with Gasteiger partial charge >= 0.3 is 10.0 Å². The molecule has 0 spiro atoms. The average Bonchev–Trinajstić information content (AvgIpc) is 2.63. The Balaban J connectivity index is 2.05. The summed E-state index contributed by atoms with van der Waals surface area (Å²) in [5.74, 6) is 0.163. The van der Waals surface area contributed by atoms with E-state index in [1.165, 1.54) is 48.5 Å². The fourth-order valence-electron chi connectivity index (χ4n) is 2.14. The van der Waals surface area contributed by atoms with Crippen LogP contribution in [0.5, 0.6) is 0 Å². The Hall–Kier alpha value is -2.77. The van der Waals surface area contributed by atoms with Crippen LogP contribution in [0.1, 0.15) is 5.56 Å². The highest BCUT2D eigenvalue weighted by Crippen LogP contribution is 2.12. The van der Waals surface area contributed by atoms with Crippen molar-refractivity contribution in [2.75, 3.05) is 5.32 Å². The van der Waals surface area contributed by atoms with Crippen LogP contribution in [0.2, 0.25) is 5.02 Å². The summed E-state index contributed by atoms with van der Waals surface area (Å²) in [7, 11) is -3.88. The van der Waals surface area contributed by atoms with Gasteiger partial charge in [-0.15, -0.1) is 0 Å². The van der Waals surface area contributed by atoms with Crippen molar-refractivity contribution in [3.8, 4) is 0 Å². The summed E-state index contributed by atoms with van der Waals surface area (Å²) < 4.78 is 41.1. The molecule has 0 aliphatic carbocycles. The van der Waals surface area contributed by atoms with E-state index >= 15 is 0 Å². The lowest BCUT2D eigenvalue weighted by atomic mass is 10.2. The molecule has 0 fully saturated rings. The van der Waals surface area contributed by atoms with Crippen LogP contribution < -0.4 is 9.71 Å². The fourth-order valence-corrected chi connectivity index (χ4v) is 3.32. The third-order valence-corrected chi connectivity index (χ3v) is 5.03. The average molecular weight is 391 g/mol. The number of sulfonamides is 1. The van der Waals surface area contributed by atoms with E-state index in [1.54, 1.807) is 24.4 Å². The van der Waals surface area contributed by atoms with Crippen molar-refractivity contribution in [3.05, 3.63) is 89.3 Å². The topological polar surface area (TPSA) is 73.0 Å². The quantitative estimate of drug-likeness (QED) is 0.529. The zero-order valence-corrected chi connectivity index (χ0v) is 14.9. The minimum absolute atomic E-state index is 0.0457. The van der Waals surface area contributed by atoms with Crippen molar-refractivity contribution in [2.24, 2.45) is 0 Å². The number of hydrogen-bond donors (Lipinski definition) is 2.